The summed E-state index contributed by atoms with van der Waals surface area (Å²) in [6.45, 7) is 6.47. The number of aryl methyl sites for hydroxylation is 2. The molecular weight excluding hydrogens is 348 g/mol. The van der Waals surface area contributed by atoms with Crippen LogP contribution in [0.1, 0.15) is 34.1 Å². The average Bonchev–Trinajstić information content (AvgIpc) is 3.14. The molecule has 3 rings (SSSR count). The maximum Gasteiger partial charge on any atom is 0.341 e. The molecule has 0 aliphatic heterocycles. The average molecular weight is 370 g/mol. The van der Waals surface area contributed by atoms with Crippen LogP contribution in [0, 0.1) is 13.8 Å². The summed E-state index contributed by atoms with van der Waals surface area (Å²) in [6, 6.07) is 10.1. The molecule has 2 aromatic heterocycles. The van der Waals surface area contributed by atoms with Crippen molar-refractivity contribution in [3.8, 4) is 0 Å². The fourth-order valence-corrected chi connectivity index (χ4v) is 3.98. The van der Waals surface area contributed by atoms with E-state index in [1.54, 1.807) is 6.92 Å². The predicted molar refractivity (Wildman–Crippen MR) is 105 cm³/mol. The van der Waals surface area contributed by atoms with Crippen molar-refractivity contribution in [1.82, 2.24) is 4.57 Å². The lowest BCUT2D eigenvalue weighted by molar-refractivity contribution is -0.116. The summed E-state index contributed by atoms with van der Waals surface area (Å²) in [7, 11) is 0. The lowest BCUT2D eigenvalue weighted by Crippen LogP contribution is -2.16. The molecule has 136 valence electrons. The van der Waals surface area contributed by atoms with Gasteiger partial charge in [0.2, 0.25) is 5.91 Å². The Kier molecular flexibility index (Phi) is 5.42. The Morgan fingerprint density at radius 3 is 2.73 bits per heavy atom. The number of rotatable bonds is 6. The van der Waals surface area contributed by atoms with Crippen LogP contribution in [0.3, 0.4) is 0 Å². The van der Waals surface area contributed by atoms with E-state index in [0.717, 1.165) is 21.3 Å². The molecule has 5 nitrogen and oxygen atoms in total. The van der Waals surface area contributed by atoms with Crippen LogP contribution in [0.5, 0.6) is 0 Å². The zero-order chi connectivity index (χ0) is 18.7. The summed E-state index contributed by atoms with van der Waals surface area (Å²) in [4.78, 5) is 25.6. The minimum absolute atomic E-state index is 0.116. The van der Waals surface area contributed by atoms with Gasteiger partial charge in [-0.1, -0.05) is 18.2 Å². The highest BCUT2D eigenvalue weighted by atomic mass is 32.1. The van der Waals surface area contributed by atoms with Crippen LogP contribution in [0.4, 0.5) is 5.00 Å². The molecule has 1 N–H and O–H groups in total. The molecule has 0 atom stereocenters. The van der Waals surface area contributed by atoms with Gasteiger partial charge in [-0.05, 0) is 43.9 Å². The number of carbonyl (C=O) groups is 2. The van der Waals surface area contributed by atoms with E-state index in [4.69, 9.17) is 4.74 Å². The SMILES string of the molecule is CCOC(=O)c1c(NC(=O)CCn2ccc3ccccc32)sc(C)c1C. The third-order valence-electron chi connectivity index (χ3n) is 4.38. The molecule has 0 radical (unpaired) electrons. The van der Waals surface area contributed by atoms with Gasteiger partial charge in [0, 0.05) is 29.6 Å². The summed E-state index contributed by atoms with van der Waals surface area (Å²) in [5.74, 6) is -0.504. The van der Waals surface area contributed by atoms with E-state index in [0.29, 0.717) is 30.1 Å². The van der Waals surface area contributed by atoms with Gasteiger partial charge in [0.05, 0.1) is 12.2 Å². The Morgan fingerprint density at radius 1 is 1.19 bits per heavy atom. The summed E-state index contributed by atoms with van der Waals surface area (Å²) in [5.41, 5.74) is 2.43. The Labute approximate surface area is 156 Å². The minimum atomic E-state index is -0.388. The number of anilines is 1. The zero-order valence-corrected chi connectivity index (χ0v) is 16.0. The molecule has 0 saturated carbocycles. The van der Waals surface area contributed by atoms with E-state index in [2.05, 4.69) is 16.0 Å². The van der Waals surface area contributed by atoms with Crippen molar-refractivity contribution < 1.29 is 14.3 Å². The lowest BCUT2D eigenvalue weighted by atomic mass is 10.1. The number of para-hydroxylation sites is 1. The molecule has 0 bridgehead atoms. The van der Waals surface area contributed by atoms with E-state index in [1.807, 2.05) is 44.3 Å². The van der Waals surface area contributed by atoms with Crippen molar-refractivity contribution in [1.29, 1.82) is 0 Å². The van der Waals surface area contributed by atoms with Gasteiger partial charge in [0.15, 0.2) is 0 Å². The maximum atomic E-state index is 12.4. The molecule has 0 aliphatic carbocycles. The molecule has 0 aliphatic rings. The second-order valence-corrected chi connectivity index (χ2v) is 7.30. The smallest absolute Gasteiger partial charge is 0.341 e. The third-order valence-corrected chi connectivity index (χ3v) is 5.50. The van der Waals surface area contributed by atoms with Crippen LogP contribution in [-0.4, -0.2) is 23.1 Å². The van der Waals surface area contributed by atoms with E-state index in [1.165, 1.54) is 11.3 Å². The molecule has 0 spiro atoms. The molecule has 3 aromatic rings. The first kappa shape index (κ1) is 18.2. The highest BCUT2D eigenvalue weighted by Crippen LogP contribution is 2.33. The van der Waals surface area contributed by atoms with Crippen molar-refractivity contribution in [2.75, 3.05) is 11.9 Å². The van der Waals surface area contributed by atoms with Crippen LogP contribution in [0.15, 0.2) is 36.5 Å². The number of ether oxygens (including phenoxy) is 1. The Morgan fingerprint density at radius 2 is 1.96 bits per heavy atom. The molecule has 0 saturated heterocycles. The van der Waals surface area contributed by atoms with Crippen LogP contribution in [0.2, 0.25) is 0 Å². The fourth-order valence-electron chi connectivity index (χ4n) is 2.91. The molecular formula is C20H22N2O3S. The Bertz CT molecular complexity index is 955. The van der Waals surface area contributed by atoms with Gasteiger partial charge in [-0.3, -0.25) is 4.79 Å². The summed E-state index contributed by atoms with van der Waals surface area (Å²) in [6.07, 6.45) is 2.32. The topological polar surface area (TPSA) is 60.3 Å². The molecule has 6 heteroatoms. The summed E-state index contributed by atoms with van der Waals surface area (Å²) < 4.78 is 7.19. The van der Waals surface area contributed by atoms with Gasteiger partial charge in [-0.25, -0.2) is 4.79 Å². The predicted octanol–water partition coefficient (Wildman–Crippen LogP) is 4.53. The number of thiophene rings is 1. The fraction of sp³-hybridized carbons (Fsp3) is 0.300. The number of carbonyl (C=O) groups excluding carboxylic acids is 2. The molecule has 2 heterocycles. The number of esters is 1. The van der Waals surface area contributed by atoms with Crippen molar-refractivity contribution in [2.45, 2.75) is 33.7 Å². The summed E-state index contributed by atoms with van der Waals surface area (Å²) >= 11 is 1.41. The van der Waals surface area contributed by atoms with Crippen LogP contribution in [-0.2, 0) is 16.1 Å². The second-order valence-electron chi connectivity index (χ2n) is 6.07. The number of nitrogens with one attached hydrogen (secondary N) is 1. The van der Waals surface area contributed by atoms with Crippen LogP contribution in [0.25, 0.3) is 10.9 Å². The van der Waals surface area contributed by atoms with Crippen molar-refractivity contribution in [2.24, 2.45) is 0 Å². The Balaban J connectivity index is 1.70. The molecule has 1 amide bonds. The van der Waals surface area contributed by atoms with Gasteiger partial charge >= 0.3 is 5.97 Å². The third kappa shape index (κ3) is 3.65. The Hall–Kier alpha value is -2.60. The minimum Gasteiger partial charge on any atom is -0.462 e. The monoisotopic (exact) mass is 370 g/mol. The largest absolute Gasteiger partial charge is 0.462 e. The second kappa shape index (κ2) is 7.74. The van der Waals surface area contributed by atoms with Gasteiger partial charge in [-0.15, -0.1) is 11.3 Å². The van der Waals surface area contributed by atoms with E-state index < -0.39 is 0 Å². The van der Waals surface area contributed by atoms with Crippen molar-refractivity contribution >= 4 is 39.1 Å². The van der Waals surface area contributed by atoms with Crippen molar-refractivity contribution in [3.63, 3.8) is 0 Å². The highest BCUT2D eigenvalue weighted by molar-refractivity contribution is 7.16. The van der Waals surface area contributed by atoms with Crippen molar-refractivity contribution in [3.05, 3.63) is 52.5 Å². The van der Waals surface area contributed by atoms with Crippen LogP contribution >= 0.6 is 11.3 Å². The number of amides is 1. The quantitative estimate of drug-likeness (QED) is 0.649. The normalized spacial score (nSPS) is 10.9. The van der Waals surface area contributed by atoms with E-state index >= 15 is 0 Å². The number of hydrogen-bond acceptors (Lipinski definition) is 4. The van der Waals surface area contributed by atoms with Gasteiger partial charge in [0.25, 0.3) is 0 Å². The first-order chi connectivity index (χ1) is 12.5. The molecule has 0 unspecified atom stereocenters. The first-order valence-corrected chi connectivity index (χ1v) is 9.43. The first-order valence-electron chi connectivity index (χ1n) is 8.62. The number of fused-ring (bicyclic) bond motifs is 1. The number of hydrogen-bond donors (Lipinski definition) is 1. The molecule has 1 aromatic carbocycles. The lowest BCUT2D eigenvalue weighted by Gasteiger charge is -2.08. The van der Waals surface area contributed by atoms with E-state index in [9.17, 15) is 9.59 Å². The van der Waals surface area contributed by atoms with E-state index in [-0.39, 0.29) is 11.9 Å². The molecule has 0 fully saturated rings. The zero-order valence-electron chi connectivity index (χ0n) is 15.2. The van der Waals surface area contributed by atoms with Gasteiger partial charge in [0.1, 0.15) is 5.00 Å². The van der Waals surface area contributed by atoms with Gasteiger partial charge in [-0.2, -0.15) is 0 Å². The highest BCUT2D eigenvalue weighted by Gasteiger charge is 2.22. The maximum absolute atomic E-state index is 12.4. The summed E-state index contributed by atoms with van der Waals surface area (Å²) in [5, 5.41) is 4.61. The number of nitrogens with zero attached hydrogens (tertiary/aromatic N) is 1. The number of benzene rings is 1. The van der Waals surface area contributed by atoms with Crippen LogP contribution < -0.4 is 5.32 Å². The molecule has 26 heavy (non-hydrogen) atoms. The standard InChI is InChI=1S/C20H22N2O3S/c1-4-25-20(24)18-13(2)14(3)26-19(18)21-17(23)10-12-22-11-9-15-7-5-6-8-16(15)22/h5-9,11H,4,10,12H2,1-3H3,(H,21,23). The van der Waals surface area contributed by atoms with Gasteiger partial charge < -0.3 is 14.6 Å². The number of aromatic nitrogens is 1.